The summed E-state index contributed by atoms with van der Waals surface area (Å²) in [4.78, 5) is 10.5. The lowest BCUT2D eigenvalue weighted by Crippen LogP contribution is -2.12. The normalized spacial score (nSPS) is 10.4. The highest BCUT2D eigenvalue weighted by Crippen LogP contribution is 2.12. The fraction of sp³-hybridized carbons (Fsp3) is 0.556. The van der Waals surface area contributed by atoms with Crippen molar-refractivity contribution in [3.05, 3.63) is 18.1 Å². The van der Waals surface area contributed by atoms with Gasteiger partial charge in [0.2, 0.25) is 0 Å². The Morgan fingerprint density at radius 3 is 2.50 bits per heavy atom. The molecule has 0 aliphatic carbocycles. The van der Waals surface area contributed by atoms with Crippen LogP contribution < -0.4 is 4.90 Å². The van der Waals surface area contributed by atoms with E-state index in [0.29, 0.717) is 5.92 Å². The van der Waals surface area contributed by atoms with Gasteiger partial charge in [0.25, 0.3) is 0 Å². The van der Waals surface area contributed by atoms with E-state index in [9.17, 15) is 0 Å². The molecule has 3 heteroatoms. The van der Waals surface area contributed by atoms with E-state index in [0.717, 1.165) is 11.6 Å². The summed E-state index contributed by atoms with van der Waals surface area (Å²) in [7, 11) is 3.96. The van der Waals surface area contributed by atoms with Gasteiger partial charge >= 0.3 is 0 Å². The van der Waals surface area contributed by atoms with Gasteiger partial charge < -0.3 is 4.90 Å². The molecule has 0 bridgehead atoms. The minimum absolute atomic E-state index is 0.393. The minimum atomic E-state index is 0.393. The Bertz CT molecular complexity index is 232. The highest BCUT2D eigenvalue weighted by Gasteiger charge is 2.03. The van der Waals surface area contributed by atoms with Crippen molar-refractivity contribution in [2.75, 3.05) is 19.0 Å². The largest absolute Gasteiger partial charge is 0.363 e. The first-order valence-corrected chi connectivity index (χ1v) is 4.11. The lowest BCUT2D eigenvalue weighted by Gasteiger charge is -2.12. The average Bonchev–Trinajstić information content (AvgIpc) is 2.04. The molecule has 1 aromatic rings. The molecule has 0 unspecified atom stereocenters. The number of hydrogen-bond acceptors (Lipinski definition) is 3. The molecule has 0 N–H and O–H groups in total. The van der Waals surface area contributed by atoms with Crippen molar-refractivity contribution in [1.82, 2.24) is 9.97 Å². The fourth-order valence-corrected chi connectivity index (χ4v) is 0.891. The van der Waals surface area contributed by atoms with Gasteiger partial charge in [0.05, 0.1) is 0 Å². The third-order valence-electron chi connectivity index (χ3n) is 1.63. The zero-order valence-corrected chi connectivity index (χ0v) is 8.07. The topological polar surface area (TPSA) is 29.0 Å². The molecule has 1 rings (SSSR count). The molecular formula is C9H15N3. The molecule has 0 fully saturated rings. The van der Waals surface area contributed by atoms with Gasteiger partial charge in [0.1, 0.15) is 11.6 Å². The highest BCUT2D eigenvalue weighted by atomic mass is 15.1. The van der Waals surface area contributed by atoms with E-state index < -0.39 is 0 Å². The zero-order valence-electron chi connectivity index (χ0n) is 8.07. The van der Waals surface area contributed by atoms with Crippen LogP contribution in [0.15, 0.2) is 12.3 Å². The van der Waals surface area contributed by atoms with Gasteiger partial charge in [0, 0.05) is 26.2 Å². The Morgan fingerprint density at radius 1 is 1.33 bits per heavy atom. The second-order valence-corrected chi connectivity index (χ2v) is 3.32. The summed E-state index contributed by atoms with van der Waals surface area (Å²) in [6, 6.07) is 1.91. The van der Waals surface area contributed by atoms with Crippen LogP contribution in [0.4, 0.5) is 5.82 Å². The first-order chi connectivity index (χ1) is 5.61. The molecule has 1 aromatic heterocycles. The summed E-state index contributed by atoms with van der Waals surface area (Å²) in [5.41, 5.74) is 0. The second kappa shape index (κ2) is 3.52. The molecule has 0 atom stereocenters. The van der Waals surface area contributed by atoms with Crippen LogP contribution >= 0.6 is 0 Å². The molecule has 1 heterocycles. The number of aromatic nitrogens is 2. The third-order valence-corrected chi connectivity index (χ3v) is 1.63. The summed E-state index contributed by atoms with van der Waals surface area (Å²) in [6.45, 7) is 4.18. The maximum absolute atomic E-state index is 4.39. The van der Waals surface area contributed by atoms with Crippen LogP contribution in [0.3, 0.4) is 0 Å². The highest BCUT2D eigenvalue weighted by molar-refractivity contribution is 5.35. The van der Waals surface area contributed by atoms with Crippen LogP contribution in [-0.2, 0) is 0 Å². The van der Waals surface area contributed by atoms with Gasteiger partial charge in [-0.15, -0.1) is 0 Å². The van der Waals surface area contributed by atoms with E-state index in [2.05, 4.69) is 23.8 Å². The average molecular weight is 165 g/mol. The van der Waals surface area contributed by atoms with Crippen LogP contribution in [0.5, 0.6) is 0 Å². The monoisotopic (exact) mass is 165 g/mol. The predicted molar refractivity (Wildman–Crippen MR) is 50.4 cm³/mol. The molecule has 0 spiro atoms. The summed E-state index contributed by atoms with van der Waals surface area (Å²) < 4.78 is 0. The smallest absolute Gasteiger partial charge is 0.133 e. The van der Waals surface area contributed by atoms with E-state index in [-0.39, 0.29) is 0 Å². The maximum atomic E-state index is 4.39. The van der Waals surface area contributed by atoms with Crippen molar-refractivity contribution in [3.8, 4) is 0 Å². The second-order valence-electron chi connectivity index (χ2n) is 3.32. The van der Waals surface area contributed by atoms with Gasteiger partial charge in [-0.2, -0.15) is 0 Å². The Morgan fingerprint density at radius 2 is 2.00 bits per heavy atom. The van der Waals surface area contributed by atoms with Crippen LogP contribution in [0.2, 0.25) is 0 Å². The summed E-state index contributed by atoms with van der Waals surface area (Å²) in [6.07, 6.45) is 1.80. The van der Waals surface area contributed by atoms with Gasteiger partial charge in [-0.1, -0.05) is 13.8 Å². The van der Waals surface area contributed by atoms with Crippen molar-refractivity contribution in [1.29, 1.82) is 0 Å². The van der Waals surface area contributed by atoms with E-state index in [4.69, 9.17) is 0 Å². The quantitative estimate of drug-likeness (QED) is 0.667. The first kappa shape index (κ1) is 8.97. The number of hydrogen-bond donors (Lipinski definition) is 0. The van der Waals surface area contributed by atoms with Crippen molar-refractivity contribution >= 4 is 5.82 Å². The maximum Gasteiger partial charge on any atom is 0.133 e. The molecule has 0 radical (unpaired) electrons. The van der Waals surface area contributed by atoms with Gasteiger partial charge in [-0.05, 0) is 6.07 Å². The SMILES string of the molecule is CC(C)c1nccc(N(C)C)n1. The third kappa shape index (κ3) is 1.94. The summed E-state index contributed by atoms with van der Waals surface area (Å²) in [5.74, 6) is 2.26. The predicted octanol–water partition coefficient (Wildman–Crippen LogP) is 1.67. The number of nitrogens with zero attached hydrogens (tertiary/aromatic N) is 3. The van der Waals surface area contributed by atoms with E-state index in [1.165, 1.54) is 0 Å². The molecule has 0 saturated heterocycles. The Kier molecular flexibility index (Phi) is 2.63. The van der Waals surface area contributed by atoms with Crippen molar-refractivity contribution in [2.24, 2.45) is 0 Å². The Hall–Kier alpha value is -1.12. The number of anilines is 1. The minimum Gasteiger partial charge on any atom is -0.363 e. The van der Waals surface area contributed by atoms with E-state index in [1.807, 2.05) is 25.1 Å². The van der Waals surface area contributed by atoms with Crippen molar-refractivity contribution < 1.29 is 0 Å². The molecule has 0 saturated carbocycles. The molecule has 0 aliphatic rings. The Balaban J connectivity index is 2.96. The van der Waals surface area contributed by atoms with Crippen LogP contribution in [0.25, 0.3) is 0 Å². The van der Waals surface area contributed by atoms with Gasteiger partial charge in [-0.3, -0.25) is 0 Å². The first-order valence-electron chi connectivity index (χ1n) is 4.11. The summed E-state index contributed by atoms with van der Waals surface area (Å²) >= 11 is 0. The molecule has 12 heavy (non-hydrogen) atoms. The standard InChI is InChI=1S/C9H15N3/c1-7(2)9-10-6-5-8(11-9)12(3)4/h5-7H,1-4H3. The molecule has 3 nitrogen and oxygen atoms in total. The summed E-state index contributed by atoms with van der Waals surface area (Å²) in [5, 5.41) is 0. The number of rotatable bonds is 2. The van der Waals surface area contributed by atoms with Crippen LogP contribution in [-0.4, -0.2) is 24.1 Å². The van der Waals surface area contributed by atoms with Gasteiger partial charge in [-0.25, -0.2) is 9.97 Å². The lowest BCUT2D eigenvalue weighted by atomic mass is 10.2. The van der Waals surface area contributed by atoms with Crippen molar-refractivity contribution in [2.45, 2.75) is 19.8 Å². The molecular weight excluding hydrogens is 150 g/mol. The van der Waals surface area contributed by atoms with E-state index >= 15 is 0 Å². The molecule has 0 aliphatic heterocycles. The molecule has 0 aromatic carbocycles. The lowest BCUT2D eigenvalue weighted by molar-refractivity contribution is 0.770. The van der Waals surface area contributed by atoms with Gasteiger partial charge in [0.15, 0.2) is 0 Å². The molecule has 66 valence electrons. The van der Waals surface area contributed by atoms with Crippen LogP contribution in [0, 0.1) is 0 Å². The zero-order chi connectivity index (χ0) is 9.14. The van der Waals surface area contributed by atoms with Crippen LogP contribution in [0.1, 0.15) is 25.6 Å². The van der Waals surface area contributed by atoms with Crippen molar-refractivity contribution in [3.63, 3.8) is 0 Å². The van der Waals surface area contributed by atoms with E-state index in [1.54, 1.807) is 6.20 Å². The Labute approximate surface area is 73.5 Å². The molecule has 0 amide bonds. The fourth-order valence-electron chi connectivity index (χ4n) is 0.891.